The predicted octanol–water partition coefficient (Wildman–Crippen LogP) is -0.658. The molecule has 5 heteroatoms. The largest absolute Gasteiger partial charge is 0.344 e. The topological polar surface area (TPSA) is 67.8 Å². The van der Waals surface area contributed by atoms with Crippen molar-refractivity contribution >= 4 is 0 Å². The summed E-state index contributed by atoms with van der Waals surface area (Å²) in [4.78, 5) is 22.1. The highest BCUT2D eigenvalue weighted by atomic mass is 16.2. The second-order valence-electron chi connectivity index (χ2n) is 3.07. The van der Waals surface area contributed by atoms with Crippen molar-refractivity contribution in [2.24, 2.45) is 5.92 Å². The number of nitrogens with one attached hydrogen (secondary N) is 1. The summed E-state index contributed by atoms with van der Waals surface area (Å²) < 4.78 is 1.20. The van der Waals surface area contributed by atoms with Gasteiger partial charge >= 0.3 is 5.69 Å². The summed E-state index contributed by atoms with van der Waals surface area (Å²) >= 11 is 0. The highest BCUT2D eigenvalue weighted by Gasteiger charge is 2.22. The Bertz CT molecular complexity index is 360. The van der Waals surface area contributed by atoms with Gasteiger partial charge in [-0.2, -0.15) is 5.10 Å². The number of hydrogen-bond acceptors (Lipinski definition) is 3. The Morgan fingerprint density at radius 2 is 2.33 bits per heavy atom. The van der Waals surface area contributed by atoms with E-state index in [-0.39, 0.29) is 5.56 Å². The maximum Gasteiger partial charge on any atom is 0.344 e. The molecule has 1 aromatic rings. The van der Waals surface area contributed by atoms with Gasteiger partial charge in [0.15, 0.2) is 0 Å². The zero-order valence-electron chi connectivity index (χ0n) is 6.49. The normalized spacial score (nSPS) is 16.3. The van der Waals surface area contributed by atoms with Gasteiger partial charge < -0.3 is 0 Å². The monoisotopic (exact) mass is 167 g/mol. The van der Waals surface area contributed by atoms with Crippen LogP contribution < -0.4 is 11.2 Å². The van der Waals surface area contributed by atoms with Crippen LogP contribution in [0.3, 0.4) is 0 Å². The van der Waals surface area contributed by atoms with Crippen LogP contribution in [0.4, 0.5) is 0 Å². The summed E-state index contributed by atoms with van der Waals surface area (Å²) in [7, 11) is 0. The summed E-state index contributed by atoms with van der Waals surface area (Å²) in [5, 5.41) is 5.63. The van der Waals surface area contributed by atoms with E-state index >= 15 is 0 Å². The van der Waals surface area contributed by atoms with E-state index in [0.717, 1.165) is 19.0 Å². The average molecular weight is 167 g/mol. The molecule has 0 atom stereocenters. The third-order valence-electron chi connectivity index (χ3n) is 1.98. The number of aromatic nitrogens is 3. The molecule has 5 nitrogen and oxygen atoms in total. The SMILES string of the molecule is O=c1cn[nH]c(=O)n1CC1CC1. The maximum atomic E-state index is 11.1. The van der Waals surface area contributed by atoms with Crippen LogP contribution >= 0.6 is 0 Å². The number of aromatic amines is 1. The second-order valence-corrected chi connectivity index (χ2v) is 3.07. The molecule has 0 bridgehead atoms. The van der Waals surface area contributed by atoms with Gasteiger partial charge in [-0.1, -0.05) is 0 Å². The lowest BCUT2D eigenvalue weighted by Crippen LogP contribution is -2.35. The molecule has 1 aliphatic carbocycles. The molecular formula is C7H9N3O2. The minimum Gasteiger partial charge on any atom is -0.267 e. The molecule has 0 amide bonds. The van der Waals surface area contributed by atoms with Crippen molar-refractivity contribution in [2.45, 2.75) is 19.4 Å². The molecular weight excluding hydrogens is 158 g/mol. The summed E-state index contributed by atoms with van der Waals surface area (Å²) in [5.41, 5.74) is -0.722. The molecule has 12 heavy (non-hydrogen) atoms. The number of hydrogen-bond donors (Lipinski definition) is 1. The lowest BCUT2D eigenvalue weighted by atomic mass is 10.4. The minimum absolute atomic E-state index is 0.314. The number of rotatable bonds is 2. The first-order chi connectivity index (χ1) is 5.77. The molecule has 1 fully saturated rings. The molecule has 1 aliphatic rings. The lowest BCUT2D eigenvalue weighted by molar-refractivity contribution is 0.561. The predicted molar refractivity (Wildman–Crippen MR) is 41.8 cm³/mol. The van der Waals surface area contributed by atoms with Crippen molar-refractivity contribution in [3.8, 4) is 0 Å². The third-order valence-corrected chi connectivity index (χ3v) is 1.98. The Kier molecular flexibility index (Phi) is 1.56. The van der Waals surface area contributed by atoms with Crippen LogP contribution in [0.25, 0.3) is 0 Å². The Hall–Kier alpha value is -1.39. The van der Waals surface area contributed by atoms with Gasteiger partial charge in [0.25, 0.3) is 5.56 Å². The molecule has 1 heterocycles. The molecule has 0 saturated heterocycles. The van der Waals surface area contributed by atoms with E-state index in [9.17, 15) is 9.59 Å². The van der Waals surface area contributed by atoms with Crippen LogP contribution in [0.2, 0.25) is 0 Å². The third kappa shape index (κ3) is 1.30. The summed E-state index contributed by atoms with van der Waals surface area (Å²) in [6, 6.07) is 0. The first-order valence-electron chi connectivity index (χ1n) is 3.92. The van der Waals surface area contributed by atoms with Crippen LogP contribution in [0.1, 0.15) is 12.8 Å². The molecule has 1 saturated carbocycles. The molecule has 0 spiro atoms. The van der Waals surface area contributed by atoms with Crippen molar-refractivity contribution in [3.63, 3.8) is 0 Å². The molecule has 1 aromatic heterocycles. The van der Waals surface area contributed by atoms with Crippen molar-refractivity contribution in [1.82, 2.24) is 14.8 Å². The molecule has 2 rings (SSSR count). The van der Waals surface area contributed by atoms with E-state index in [0.29, 0.717) is 12.5 Å². The molecule has 0 aliphatic heterocycles. The zero-order chi connectivity index (χ0) is 8.55. The Labute approximate surface area is 68.0 Å². The fourth-order valence-corrected chi connectivity index (χ4v) is 1.10. The van der Waals surface area contributed by atoms with Gasteiger partial charge in [0.1, 0.15) is 6.20 Å². The van der Waals surface area contributed by atoms with Gasteiger partial charge in [-0.3, -0.25) is 9.36 Å². The number of nitrogens with zero attached hydrogens (tertiary/aromatic N) is 2. The fourth-order valence-electron chi connectivity index (χ4n) is 1.10. The Balaban J connectivity index is 2.39. The molecule has 0 unspecified atom stereocenters. The van der Waals surface area contributed by atoms with Gasteiger partial charge in [0, 0.05) is 6.54 Å². The van der Waals surface area contributed by atoms with Crippen LogP contribution in [0.15, 0.2) is 15.8 Å². The van der Waals surface area contributed by atoms with E-state index in [1.165, 1.54) is 4.57 Å². The lowest BCUT2D eigenvalue weighted by Gasteiger charge is -1.99. The number of H-pyrrole nitrogens is 1. The summed E-state index contributed by atoms with van der Waals surface area (Å²) in [6.07, 6.45) is 3.37. The zero-order valence-corrected chi connectivity index (χ0v) is 6.49. The van der Waals surface area contributed by atoms with Crippen LogP contribution in [-0.4, -0.2) is 14.8 Å². The first-order valence-corrected chi connectivity index (χ1v) is 3.92. The van der Waals surface area contributed by atoms with Crippen molar-refractivity contribution < 1.29 is 0 Å². The van der Waals surface area contributed by atoms with E-state index in [4.69, 9.17) is 0 Å². The first kappa shape index (κ1) is 7.27. The summed E-state index contributed by atoms with van der Waals surface area (Å²) in [6.45, 7) is 0.538. The standard InChI is InChI=1S/C7H9N3O2/c11-6-3-8-9-7(12)10(6)4-5-1-2-5/h3,5H,1-2,4H2,(H,9,12). The van der Waals surface area contributed by atoms with Gasteiger partial charge in [0.05, 0.1) is 0 Å². The second kappa shape index (κ2) is 2.58. The molecule has 0 aromatic carbocycles. The van der Waals surface area contributed by atoms with Crippen molar-refractivity contribution in [2.75, 3.05) is 0 Å². The van der Waals surface area contributed by atoms with Crippen LogP contribution in [0.5, 0.6) is 0 Å². The highest BCUT2D eigenvalue weighted by molar-refractivity contribution is 4.79. The highest BCUT2D eigenvalue weighted by Crippen LogP contribution is 2.29. The van der Waals surface area contributed by atoms with Crippen molar-refractivity contribution in [1.29, 1.82) is 0 Å². The van der Waals surface area contributed by atoms with E-state index in [2.05, 4.69) is 10.2 Å². The maximum absolute atomic E-state index is 11.1. The van der Waals surface area contributed by atoms with E-state index < -0.39 is 5.69 Å². The Morgan fingerprint density at radius 3 is 2.92 bits per heavy atom. The Morgan fingerprint density at radius 1 is 1.58 bits per heavy atom. The average Bonchev–Trinajstić information content (AvgIpc) is 2.80. The minimum atomic E-state index is -0.408. The smallest absolute Gasteiger partial charge is 0.267 e. The van der Waals surface area contributed by atoms with Gasteiger partial charge in [-0.15, -0.1) is 0 Å². The quantitative estimate of drug-likeness (QED) is 0.635. The fraction of sp³-hybridized carbons (Fsp3) is 0.571. The van der Waals surface area contributed by atoms with Gasteiger partial charge in [0.2, 0.25) is 0 Å². The van der Waals surface area contributed by atoms with E-state index in [1.54, 1.807) is 0 Å². The van der Waals surface area contributed by atoms with Crippen molar-refractivity contribution in [3.05, 3.63) is 27.0 Å². The van der Waals surface area contributed by atoms with Gasteiger partial charge in [-0.25, -0.2) is 9.89 Å². The van der Waals surface area contributed by atoms with Gasteiger partial charge in [-0.05, 0) is 18.8 Å². The molecule has 64 valence electrons. The molecule has 0 radical (unpaired) electrons. The molecule has 1 N–H and O–H groups in total. The van der Waals surface area contributed by atoms with Crippen LogP contribution in [-0.2, 0) is 6.54 Å². The van der Waals surface area contributed by atoms with Crippen LogP contribution in [0, 0.1) is 5.92 Å². The van der Waals surface area contributed by atoms with E-state index in [1.807, 2.05) is 0 Å². The summed E-state index contributed by atoms with van der Waals surface area (Å²) in [5.74, 6) is 0.520.